The molecular weight excluding hydrogens is 308 g/mol. The lowest BCUT2D eigenvalue weighted by molar-refractivity contribution is 0.261. The van der Waals surface area contributed by atoms with E-state index in [4.69, 9.17) is 9.98 Å². The minimum absolute atomic E-state index is 0.176. The number of H-pyrrole nitrogens is 1. The van der Waals surface area contributed by atoms with Crippen molar-refractivity contribution >= 4 is 28.6 Å². The number of benzene rings is 2. The van der Waals surface area contributed by atoms with Crippen LogP contribution in [0.4, 0.5) is 5.69 Å². The number of nitrogens with one attached hydrogen (secondary N) is 1. The first-order chi connectivity index (χ1) is 12.4. The molecule has 1 spiro atoms. The van der Waals surface area contributed by atoms with Gasteiger partial charge in [-0.05, 0) is 24.1 Å². The first-order valence-electron chi connectivity index (χ1n) is 8.93. The Kier molecular flexibility index (Phi) is 2.47. The predicted molar refractivity (Wildman–Crippen MR) is 101 cm³/mol. The molecule has 1 aromatic heterocycles. The van der Waals surface area contributed by atoms with Crippen molar-refractivity contribution in [3.8, 4) is 0 Å². The van der Waals surface area contributed by atoms with Gasteiger partial charge in [0.15, 0.2) is 0 Å². The number of fused-ring (bicyclic) bond motifs is 5. The monoisotopic (exact) mass is 326 g/mol. The summed E-state index contributed by atoms with van der Waals surface area (Å²) in [6.07, 6.45) is 4.06. The first-order valence-corrected chi connectivity index (χ1v) is 8.93. The number of rotatable bonds is 0. The number of aromatic nitrogens is 1. The van der Waals surface area contributed by atoms with Crippen LogP contribution in [-0.4, -0.2) is 35.0 Å². The summed E-state index contributed by atoms with van der Waals surface area (Å²) in [6, 6.07) is 17.1. The molecule has 1 N–H and O–H groups in total. The number of nitrogens with zero attached hydrogens (tertiary/aromatic N) is 3. The topological polar surface area (TPSA) is 43.8 Å². The molecule has 1 atom stereocenters. The molecule has 0 saturated heterocycles. The van der Waals surface area contributed by atoms with Gasteiger partial charge in [0.05, 0.1) is 23.4 Å². The van der Waals surface area contributed by atoms with Gasteiger partial charge in [-0.3, -0.25) is 4.99 Å². The highest BCUT2D eigenvalue weighted by Crippen LogP contribution is 2.47. The summed E-state index contributed by atoms with van der Waals surface area (Å²) in [5.41, 5.74) is 7.22. The molecule has 25 heavy (non-hydrogen) atoms. The average molecular weight is 326 g/mol. The van der Waals surface area contributed by atoms with Crippen molar-refractivity contribution in [1.29, 1.82) is 0 Å². The number of hydrogen-bond acceptors (Lipinski definition) is 3. The molecule has 0 fully saturated rings. The van der Waals surface area contributed by atoms with E-state index in [2.05, 4.69) is 58.4 Å². The highest BCUT2D eigenvalue weighted by atomic mass is 15.3. The molecular formula is C21H18N4. The molecule has 3 aliphatic heterocycles. The van der Waals surface area contributed by atoms with Crippen LogP contribution in [0.15, 0.2) is 58.5 Å². The Labute approximate surface area is 145 Å². The Balaban J connectivity index is 1.68. The second-order valence-electron chi connectivity index (χ2n) is 7.07. The van der Waals surface area contributed by atoms with Gasteiger partial charge in [-0.2, -0.15) is 0 Å². The van der Waals surface area contributed by atoms with E-state index in [-0.39, 0.29) is 5.54 Å². The van der Waals surface area contributed by atoms with Crippen LogP contribution in [0, 0.1) is 0 Å². The second kappa shape index (κ2) is 4.60. The van der Waals surface area contributed by atoms with Crippen LogP contribution < -0.4 is 0 Å². The molecule has 0 amide bonds. The Morgan fingerprint density at radius 2 is 1.92 bits per heavy atom. The highest BCUT2D eigenvalue weighted by molar-refractivity contribution is 6.14. The lowest BCUT2D eigenvalue weighted by Gasteiger charge is -2.43. The molecule has 3 aliphatic rings. The predicted octanol–water partition coefficient (Wildman–Crippen LogP) is 3.79. The Hall–Kier alpha value is -2.88. The van der Waals surface area contributed by atoms with Gasteiger partial charge in [0.2, 0.25) is 0 Å². The second-order valence-corrected chi connectivity index (χ2v) is 7.07. The average Bonchev–Trinajstić information content (AvgIpc) is 3.21. The van der Waals surface area contributed by atoms with Gasteiger partial charge in [0.25, 0.3) is 0 Å². The van der Waals surface area contributed by atoms with E-state index in [1.807, 2.05) is 6.34 Å². The van der Waals surface area contributed by atoms with Gasteiger partial charge in [0, 0.05) is 36.0 Å². The zero-order chi connectivity index (χ0) is 16.4. The van der Waals surface area contributed by atoms with E-state index in [1.165, 1.54) is 33.4 Å². The van der Waals surface area contributed by atoms with Crippen molar-refractivity contribution in [2.45, 2.75) is 18.4 Å². The van der Waals surface area contributed by atoms with Gasteiger partial charge < -0.3 is 9.88 Å². The van der Waals surface area contributed by atoms with E-state index in [9.17, 15) is 0 Å². The molecule has 0 aliphatic carbocycles. The van der Waals surface area contributed by atoms with Gasteiger partial charge in [-0.25, -0.2) is 4.99 Å². The molecule has 122 valence electrons. The molecule has 3 aromatic rings. The van der Waals surface area contributed by atoms with Crippen molar-refractivity contribution in [3.63, 3.8) is 0 Å². The SMILES string of the molecule is C1=Nc2ccccc2[C@]23CCN=C2c2[nH]c4ccccc4c2CCN13. The molecule has 0 saturated carbocycles. The van der Waals surface area contributed by atoms with Crippen LogP contribution in [0.2, 0.25) is 0 Å². The number of aromatic amines is 1. The van der Waals surface area contributed by atoms with Crippen molar-refractivity contribution in [3.05, 3.63) is 65.4 Å². The third-order valence-corrected chi connectivity index (χ3v) is 5.96. The van der Waals surface area contributed by atoms with Crippen LogP contribution in [-0.2, 0) is 12.0 Å². The molecule has 0 radical (unpaired) electrons. The van der Waals surface area contributed by atoms with Gasteiger partial charge in [-0.1, -0.05) is 36.4 Å². The first kappa shape index (κ1) is 13.4. The van der Waals surface area contributed by atoms with E-state index in [0.29, 0.717) is 0 Å². The van der Waals surface area contributed by atoms with Crippen molar-refractivity contribution in [2.75, 3.05) is 13.1 Å². The molecule has 0 bridgehead atoms. The zero-order valence-electron chi connectivity index (χ0n) is 13.9. The van der Waals surface area contributed by atoms with E-state index in [0.717, 1.165) is 31.6 Å². The Morgan fingerprint density at radius 3 is 2.92 bits per heavy atom. The lowest BCUT2D eigenvalue weighted by atomic mass is 9.79. The summed E-state index contributed by atoms with van der Waals surface area (Å²) < 4.78 is 0. The molecule has 4 heterocycles. The third-order valence-electron chi connectivity index (χ3n) is 5.96. The van der Waals surface area contributed by atoms with Gasteiger partial charge in [0.1, 0.15) is 5.54 Å². The molecule has 2 aromatic carbocycles. The third kappa shape index (κ3) is 1.57. The van der Waals surface area contributed by atoms with Crippen molar-refractivity contribution in [1.82, 2.24) is 9.88 Å². The van der Waals surface area contributed by atoms with Crippen LogP contribution in [0.1, 0.15) is 23.2 Å². The smallest absolute Gasteiger partial charge is 0.114 e. The summed E-state index contributed by atoms with van der Waals surface area (Å²) in [5, 5.41) is 1.33. The number of hydrogen-bond donors (Lipinski definition) is 1. The molecule has 0 unspecified atom stereocenters. The van der Waals surface area contributed by atoms with Crippen molar-refractivity contribution in [2.24, 2.45) is 9.98 Å². The standard InChI is InChI=1S/C21H18N4/c1-3-7-17-14(5-1)15-9-12-25-13-23-18-8-4-2-6-16(18)21(25)10-11-22-20(21)19(15)24-17/h1-8,13,24H,9-12H2/t21-/m1/s1. The Bertz CT molecular complexity index is 1070. The van der Waals surface area contributed by atoms with E-state index < -0.39 is 0 Å². The Morgan fingerprint density at radius 1 is 1.04 bits per heavy atom. The fraction of sp³-hybridized carbons (Fsp3) is 0.238. The summed E-state index contributed by atoms with van der Waals surface area (Å²) in [5.74, 6) is 0. The maximum atomic E-state index is 5.01. The minimum atomic E-state index is -0.176. The maximum absolute atomic E-state index is 5.01. The molecule has 6 rings (SSSR count). The van der Waals surface area contributed by atoms with E-state index in [1.54, 1.807) is 0 Å². The highest BCUT2D eigenvalue weighted by Gasteiger charge is 2.50. The van der Waals surface area contributed by atoms with Gasteiger partial charge >= 0.3 is 0 Å². The normalized spacial score (nSPS) is 23.5. The largest absolute Gasteiger partial charge is 0.353 e. The zero-order valence-corrected chi connectivity index (χ0v) is 13.9. The molecule has 4 nitrogen and oxygen atoms in total. The van der Waals surface area contributed by atoms with Crippen LogP contribution in [0.25, 0.3) is 10.9 Å². The van der Waals surface area contributed by atoms with E-state index >= 15 is 0 Å². The van der Waals surface area contributed by atoms with Gasteiger partial charge in [-0.15, -0.1) is 0 Å². The number of aliphatic imine (C=N–C) groups is 2. The van der Waals surface area contributed by atoms with Crippen LogP contribution >= 0.6 is 0 Å². The summed E-state index contributed by atoms with van der Waals surface area (Å²) in [6.45, 7) is 1.83. The van der Waals surface area contributed by atoms with Crippen LogP contribution in [0.3, 0.4) is 0 Å². The number of para-hydroxylation sites is 2. The summed E-state index contributed by atoms with van der Waals surface area (Å²) in [7, 11) is 0. The van der Waals surface area contributed by atoms with Crippen molar-refractivity contribution < 1.29 is 0 Å². The minimum Gasteiger partial charge on any atom is -0.353 e. The van der Waals surface area contributed by atoms with Crippen LogP contribution in [0.5, 0.6) is 0 Å². The quantitative estimate of drug-likeness (QED) is 0.671. The summed E-state index contributed by atoms with van der Waals surface area (Å²) >= 11 is 0. The molecule has 4 heteroatoms. The maximum Gasteiger partial charge on any atom is 0.114 e. The fourth-order valence-corrected chi connectivity index (χ4v) is 4.87. The summed E-state index contributed by atoms with van der Waals surface area (Å²) in [4.78, 5) is 15.8. The lowest BCUT2D eigenvalue weighted by Crippen LogP contribution is -2.51. The fourth-order valence-electron chi connectivity index (χ4n) is 4.87.